The van der Waals surface area contributed by atoms with Gasteiger partial charge in [-0.25, -0.2) is 0 Å². The molecule has 0 unspecified atom stereocenters. The molecule has 3 rings (SSSR count). The first-order valence-corrected chi connectivity index (χ1v) is 16.7. The minimum absolute atomic E-state index is 0.0190. The van der Waals surface area contributed by atoms with Gasteiger partial charge in [0.25, 0.3) is 0 Å². The van der Waals surface area contributed by atoms with Crippen molar-refractivity contribution >= 4 is 39.6 Å². The van der Waals surface area contributed by atoms with Gasteiger partial charge in [-0.3, -0.25) is 0 Å². The van der Waals surface area contributed by atoms with Crippen molar-refractivity contribution in [2.75, 3.05) is 0 Å². The van der Waals surface area contributed by atoms with Gasteiger partial charge in [-0.1, -0.05) is 0 Å². The standard InChI is InChI=1S/3C6H5.C4HF9O3S.Sn/c3*1-2-4-6-5-3-1;5-1(6,3(9,10)11)2(7,8)4(12,13)17(14,15)16;/h3*1-5H;(H,14,15,16);/q;;;;+1/p-1. The molecule has 0 heterocycles. The van der Waals surface area contributed by atoms with Crippen LogP contribution in [0.1, 0.15) is 0 Å². The summed E-state index contributed by atoms with van der Waals surface area (Å²) in [5.74, 6) is -14.8. The van der Waals surface area contributed by atoms with E-state index in [1.807, 2.05) is 0 Å². The van der Waals surface area contributed by atoms with Gasteiger partial charge < -0.3 is 0 Å². The molecule has 3 nitrogen and oxygen atoms in total. The SMILES string of the molecule is O=S(=O)([O][Sn]([c]1ccccc1)([c]1ccccc1)[c]1ccccc1)C(F)(F)C(F)(F)C(F)(F)C(F)(F)F. The zero-order valence-electron chi connectivity index (χ0n) is 17.7. The van der Waals surface area contributed by atoms with Gasteiger partial charge in [0.05, 0.1) is 0 Å². The van der Waals surface area contributed by atoms with Crippen molar-refractivity contribution in [3.63, 3.8) is 0 Å². The Bertz CT molecular complexity index is 1190. The first-order chi connectivity index (χ1) is 16.5. The molecule has 0 radical (unpaired) electrons. The first kappa shape index (κ1) is 28.3. The van der Waals surface area contributed by atoms with E-state index in [0.717, 1.165) is 0 Å². The van der Waals surface area contributed by atoms with Crippen LogP contribution in [0.4, 0.5) is 39.5 Å². The normalized spacial score (nSPS) is 14.0. The topological polar surface area (TPSA) is 43.4 Å². The van der Waals surface area contributed by atoms with Crippen molar-refractivity contribution in [3.8, 4) is 0 Å². The second kappa shape index (κ2) is 9.56. The van der Waals surface area contributed by atoms with Gasteiger partial charge in [0.15, 0.2) is 0 Å². The molecule has 0 spiro atoms. The first-order valence-electron chi connectivity index (χ1n) is 9.84. The summed E-state index contributed by atoms with van der Waals surface area (Å²) in [6.07, 6.45) is -7.19. The molecule has 0 N–H and O–H groups in total. The third-order valence-electron chi connectivity index (χ3n) is 5.21. The molecule has 3 aromatic carbocycles. The fourth-order valence-corrected chi connectivity index (χ4v) is 19.3. The van der Waals surface area contributed by atoms with E-state index in [0.29, 0.717) is 0 Å². The van der Waals surface area contributed by atoms with Crippen LogP contribution in [-0.4, -0.2) is 50.5 Å². The molecule has 0 atom stereocenters. The maximum atomic E-state index is 14.7. The Morgan fingerprint density at radius 3 is 1.11 bits per heavy atom. The van der Waals surface area contributed by atoms with Crippen molar-refractivity contribution in [2.45, 2.75) is 23.3 Å². The van der Waals surface area contributed by atoms with Gasteiger partial charge in [0.2, 0.25) is 0 Å². The average Bonchev–Trinajstić information content (AvgIpc) is 2.83. The Morgan fingerprint density at radius 2 is 0.833 bits per heavy atom. The molecule has 3 aromatic rings. The van der Waals surface area contributed by atoms with E-state index in [-0.39, 0.29) is 10.7 Å². The van der Waals surface area contributed by atoms with Crippen LogP contribution in [0.15, 0.2) is 91.0 Å². The van der Waals surface area contributed by atoms with Crippen molar-refractivity contribution in [1.29, 1.82) is 0 Å². The zero-order valence-corrected chi connectivity index (χ0v) is 21.4. The Balaban J connectivity index is 2.33. The number of halogens is 9. The van der Waals surface area contributed by atoms with Crippen LogP contribution in [0.2, 0.25) is 0 Å². The molecule has 0 saturated heterocycles. The van der Waals surface area contributed by atoms with E-state index in [2.05, 4.69) is 0 Å². The molecule has 0 aromatic heterocycles. The van der Waals surface area contributed by atoms with Gasteiger partial charge in [-0.05, 0) is 0 Å². The summed E-state index contributed by atoms with van der Waals surface area (Å²) in [7, 11) is -7.13. The van der Waals surface area contributed by atoms with Crippen molar-refractivity contribution in [2.24, 2.45) is 0 Å². The molecule has 36 heavy (non-hydrogen) atoms. The van der Waals surface area contributed by atoms with E-state index < -0.39 is 52.2 Å². The van der Waals surface area contributed by atoms with Crippen LogP contribution in [0, 0.1) is 0 Å². The number of hydrogen-bond acceptors (Lipinski definition) is 3. The van der Waals surface area contributed by atoms with Crippen molar-refractivity contribution in [3.05, 3.63) is 91.0 Å². The van der Waals surface area contributed by atoms with Crippen LogP contribution in [-0.2, 0) is 12.6 Å². The van der Waals surface area contributed by atoms with E-state index in [1.165, 1.54) is 91.0 Å². The summed E-state index contributed by atoms with van der Waals surface area (Å²) in [4.78, 5) is 0. The zero-order chi connectivity index (χ0) is 27.0. The Morgan fingerprint density at radius 1 is 0.528 bits per heavy atom. The molecule has 0 aliphatic rings. The predicted octanol–water partition coefficient (Wildman–Crippen LogP) is 4.43. The van der Waals surface area contributed by atoms with Crippen LogP contribution in [0.3, 0.4) is 0 Å². The second-order valence-corrected chi connectivity index (χ2v) is 19.3. The molecule has 0 bridgehead atoms. The fraction of sp³-hybridized carbons (Fsp3) is 0.182. The van der Waals surface area contributed by atoms with Crippen molar-refractivity contribution < 1.29 is 50.5 Å². The Labute approximate surface area is 204 Å². The summed E-state index contributed by atoms with van der Waals surface area (Å²) in [5.41, 5.74) is 0. The number of benzene rings is 3. The summed E-state index contributed by atoms with van der Waals surface area (Å²) >= 11 is -5.85. The van der Waals surface area contributed by atoms with E-state index in [9.17, 15) is 47.9 Å². The Hall–Kier alpha value is -2.26. The third-order valence-corrected chi connectivity index (χ3v) is 20.4. The van der Waals surface area contributed by atoms with E-state index in [1.54, 1.807) is 0 Å². The number of hydrogen-bond donors (Lipinski definition) is 0. The van der Waals surface area contributed by atoms with E-state index >= 15 is 0 Å². The van der Waals surface area contributed by atoms with Crippen LogP contribution in [0.5, 0.6) is 0 Å². The van der Waals surface area contributed by atoms with Crippen LogP contribution >= 0.6 is 0 Å². The summed E-state index contributed by atoms with van der Waals surface area (Å²) in [6.45, 7) is 0. The average molecular weight is 649 g/mol. The van der Waals surface area contributed by atoms with Gasteiger partial charge in [0.1, 0.15) is 0 Å². The van der Waals surface area contributed by atoms with Gasteiger partial charge in [0, 0.05) is 0 Å². The summed E-state index contributed by atoms with van der Waals surface area (Å²) < 4.78 is 153. The molecule has 0 aliphatic carbocycles. The molecular formula is C22H15F9O3SSn. The molecule has 0 amide bonds. The molecule has 0 saturated carbocycles. The number of rotatable bonds is 8. The van der Waals surface area contributed by atoms with Crippen LogP contribution < -0.4 is 10.7 Å². The van der Waals surface area contributed by atoms with Crippen molar-refractivity contribution in [1.82, 2.24) is 0 Å². The van der Waals surface area contributed by atoms with Crippen LogP contribution in [0.25, 0.3) is 0 Å². The summed E-state index contributed by atoms with van der Waals surface area (Å²) in [5, 5.41) is -6.97. The fourth-order valence-electron chi connectivity index (χ4n) is 3.40. The minimum atomic E-state index is -7.40. The monoisotopic (exact) mass is 650 g/mol. The molecular weight excluding hydrogens is 634 g/mol. The predicted molar refractivity (Wildman–Crippen MR) is 115 cm³/mol. The summed E-state index contributed by atoms with van der Waals surface area (Å²) in [6, 6.07) is 20.2. The van der Waals surface area contributed by atoms with Gasteiger partial charge in [-0.2, -0.15) is 0 Å². The third kappa shape index (κ3) is 4.49. The molecule has 194 valence electrons. The Kier molecular flexibility index (Phi) is 7.52. The van der Waals surface area contributed by atoms with E-state index in [4.69, 9.17) is 2.52 Å². The van der Waals surface area contributed by atoms with Gasteiger partial charge >= 0.3 is 204 Å². The quantitative estimate of drug-likeness (QED) is 0.268. The molecule has 0 fully saturated rings. The maximum absolute atomic E-state index is 14.7. The molecule has 14 heteroatoms. The second-order valence-electron chi connectivity index (χ2n) is 7.48. The molecule has 0 aliphatic heterocycles. The number of alkyl halides is 9. The van der Waals surface area contributed by atoms with Gasteiger partial charge in [-0.15, -0.1) is 0 Å².